The van der Waals surface area contributed by atoms with Gasteiger partial charge in [-0.3, -0.25) is 4.90 Å². The third-order valence-corrected chi connectivity index (χ3v) is 2.60. The Morgan fingerprint density at radius 1 is 1.43 bits per heavy atom. The van der Waals surface area contributed by atoms with E-state index in [2.05, 4.69) is 24.1 Å². The second-order valence-corrected chi connectivity index (χ2v) is 4.14. The zero-order chi connectivity index (χ0) is 10.6. The van der Waals surface area contributed by atoms with Crippen molar-refractivity contribution in [1.82, 2.24) is 10.2 Å². The number of ether oxygens (including phenoxy) is 1. The molecule has 1 saturated heterocycles. The van der Waals surface area contributed by atoms with Crippen LogP contribution in [0.15, 0.2) is 0 Å². The molecule has 0 spiro atoms. The average molecular weight is 202 g/mol. The minimum Gasteiger partial charge on any atom is -0.395 e. The van der Waals surface area contributed by atoms with Crippen LogP contribution in [-0.2, 0) is 4.74 Å². The Kier molecular flexibility index (Phi) is 4.81. The van der Waals surface area contributed by atoms with Crippen molar-refractivity contribution in [3.8, 4) is 0 Å². The summed E-state index contributed by atoms with van der Waals surface area (Å²) in [7, 11) is 1.88. The first-order valence-electron chi connectivity index (χ1n) is 5.31. The SMILES string of the molecule is CNC(CO)CN1C[C@@H](C)O[C@@H](C)C1. The molecule has 4 nitrogen and oxygen atoms in total. The third kappa shape index (κ3) is 3.53. The van der Waals surface area contributed by atoms with Gasteiger partial charge in [0, 0.05) is 25.7 Å². The molecule has 0 aliphatic carbocycles. The van der Waals surface area contributed by atoms with Crippen LogP contribution in [0.2, 0.25) is 0 Å². The Balaban J connectivity index is 2.35. The molecule has 1 rings (SSSR count). The Labute approximate surface area is 86.2 Å². The molecule has 14 heavy (non-hydrogen) atoms. The molecule has 3 atom stereocenters. The lowest BCUT2D eigenvalue weighted by molar-refractivity contribution is -0.0707. The first-order chi connectivity index (χ1) is 6.65. The summed E-state index contributed by atoms with van der Waals surface area (Å²) in [6, 6.07) is 0.174. The monoisotopic (exact) mass is 202 g/mol. The van der Waals surface area contributed by atoms with Crippen LogP contribution in [0.5, 0.6) is 0 Å². The Bertz CT molecular complexity index is 152. The van der Waals surface area contributed by atoms with Gasteiger partial charge in [0.2, 0.25) is 0 Å². The van der Waals surface area contributed by atoms with Crippen molar-refractivity contribution < 1.29 is 9.84 Å². The lowest BCUT2D eigenvalue weighted by Gasteiger charge is -2.36. The molecule has 2 N–H and O–H groups in total. The smallest absolute Gasteiger partial charge is 0.0678 e. The highest BCUT2D eigenvalue weighted by Crippen LogP contribution is 2.10. The number of aliphatic hydroxyl groups excluding tert-OH is 1. The molecule has 0 aromatic rings. The fourth-order valence-electron chi connectivity index (χ4n) is 1.99. The zero-order valence-electron chi connectivity index (χ0n) is 9.36. The van der Waals surface area contributed by atoms with Gasteiger partial charge in [-0.25, -0.2) is 0 Å². The summed E-state index contributed by atoms with van der Waals surface area (Å²) in [5, 5.41) is 12.2. The van der Waals surface area contributed by atoms with E-state index in [1.54, 1.807) is 0 Å². The fraction of sp³-hybridized carbons (Fsp3) is 1.00. The zero-order valence-corrected chi connectivity index (χ0v) is 9.36. The highest BCUT2D eigenvalue weighted by atomic mass is 16.5. The molecule has 0 bridgehead atoms. The number of likely N-dealkylation sites (N-methyl/N-ethyl adjacent to an activating group) is 1. The quantitative estimate of drug-likeness (QED) is 0.655. The summed E-state index contributed by atoms with van der Waals surface area (Å²) in [4.78, 5) is 2.34. The predicted octanol–water partition coefficient (Wildman–Crippen LogP) is -0.324. The van der Waals surface area contributed by atoms with Gasteiger partial charge >= 0.3 is 0 Å². The van der Waals surface area contributed by atoms with Crippen molar-refractivity contribution in [3.63, 3.8) is 0 Å². The minimum absolute atomic E-state index is 0.174. The average Bonchev–Trinajstić information content (AvgIpc) is 2.12. The van der Waals surface area contributed by atoms with E-state index < -0.39 is 0 Å². The summed E-state index contributed by atoms with van der Waals surface area (Å²) in [5.74, 6) is 0. The second-order valence-electron chi connectivity index (χ2n) is 4.14. The number of nitrogens with one attached hydrogen (secondary N) is 1. The molecule has 1 heterocycles. The number of rotatable bonds is 4. The van der Waals surface area contributed by atoms with Crippen LogP contribution in [0, 0.1) is 0 Å². The van der Waals surface area contributed by atoms with Crippen molar-refractivity contribution in [2.75, 3.05) is 33.3 Å². The molecule has 0 radical (unpaired) electrons. The van der Waals surface area contributed by atoms with E-state index in [1.165, 1.54) is 0 Å². The maximum Gasteiger partial charge on any atom is 0.0678 e. The summed E-state index contributed by atoms with van der Waals surface area (Å²) in [5.41, 5.74) is 0. The normalized spacial score (nSPS) is 31.7. The summed E-state index contributed by atoms with van der Waals surface area (Å²) in [6.07, 6.45) is 0.602. The number of hydrogen-bond acceptors (Lipinski definition) is 4. The molecule has 4 heteroatoms. The van der Waals surface area contributed by atoms with Crippen LogP contribution < -0.4 is 5.32 Å². The lowest BCUT2D eigenvalue weighted by Crippen LogP contribution is -2.50. The maximum absolute atomic E-state index is 9.07. The van der Waals surface area contributed by atoms with Crippen LogP contribution in [0.1, 0.15) is 13.8 Å². The molecular weight excluding hydrogens is 180 g/mol. The van der Waals surface area contributed by atoms with Gasteiger partial charge in [0.15, 0.2) is 0 Å². The Morgan fingerprint density at radius 2 is 2.00 bits per heavy atom. The van der Waals surface area contributed by atoms with Gasteiger partial charge in [0.1, 0.15) is 0 Å². The molecule has 0 saturated carbocycles. The Hall–Kier alpha value is -0.160. The summed E-state index contributed by atoms with van der Waals surface area (Å²) >= 11 is 0. The van der Waals surface area contributed by atoms with E-state index in [1.807, 2.05) is 7.05 Å². The van der Waals surface area contributed by atoms with Crippen LogP contribution in [0.3, 0.4) is 0 Å². The lowest BCUT2D eigenvalue weighted by atomic mass is 10.2. The third-order valence-electron chi connectivity index (χ3n) is 2.60. The summed E-state index contributed by atoms with van der Waals surface area (Å²) in [6.45, 7) is 7.19. The molecule has 1 unspecified atom stereocenters. The number of aliphatic hydroxyl groups is 1. The van der Waals surface area contributed by atoms with Gasteiger partial charge in [0.05, 0.1) is 18.8 Å². The fourth-order valence-corrected chi connectivity index (χ4v) is 1.99. The van der Waals surface area contributed by atoms with Gasteiger partial charge in [0.25, 0.3) is 0 Å². The first kappa shape index (κ1) is 11.9. The van der Waals surface area contributed by atoms with E-state index in [-0.39, 0.29) is 12.6 Å². The van der Waals surface area contributed by atoms with Crippen molar-refractivity contribution in [1.29, 1.82) is 0 Å². The Morgan fingerprint density at radius 3 is 2.43 bits per heavy atom. The van der Waals surface area contributed by atoms with Crippen LogP contribution >= 0.6 is 0 Å². The van der Waals surface area contributed by atoms with Crippen molar-refractivity contribution in [2.45, 2.75) is 32.1 Å². The standard InChI is InChI=1S/C10H22N2O2/c1-8-4-12(5-9(2)14-8)6-10(7-13)11-3/h8-11,13H,4-7H2,1-3H3/t8-,9+,10?. The number of nitrogens with zero attached hydrogens (tertiary/aromatic N) is 1. The van der Waals surface area contributed by atoms with E-state index in [4.69, 9.17) is 9.84 Å². The van der Waals surface area contributed by atoms with Gasteiger partial charge in [-0.1, -0.05) is 0 Å². The van der Waals surface area contributed by atoms with Crippen molar-refractivity contribution in [3.05, 3.63) is 0 Å². The molecular formula is C10H22N2O2. The highest BCUT2D eigenvalue weighted by Gasteiger charge is 2.23. The molecule has 0 amide bonds. The van der Waals surface area contributed by atoms with E-state index in [0.717, 1.165) is 19.6 Å². The molecule has 1 fully saturated rings. The summed E-state index contributed by atoms with van der Waals surface area (Å²) < 4.78 is 5.64. The van der Waals surface area contributed by atoms with E-state index in [9.17, 15) is 0 Å². The van der Waals surface area contributed by atoms with Gasteiger partial charge in [-0.05, 0) is 20.9 Å². The molecule has 84 valence electrons. The van der Waals surface area contributed by atoms with Crippen LogP contribution in [0.4, 0.5) is 0 Å². The topological polar surface area (TPSA) is 44.7 Å². The minimum atomic E-state index is 0.174. The van der Waals surface area contributed by atoms with Gasteiger partial charge in [-0.15, -0.1) is 0 Å². The van der Waals surface area contributed by atoms with Gasteiger partial charge in [-0.2, -0.15) is 0 Å². The van der Waals surface area contributed by atoms with Crippen LogP contribution in [0.25, 0.3) is 0 Å². The van der Waals surface area contributed by atoms with Crippen molar-refractivity contribution in [2.24, 2.45) is 0 Å². The number of morpholine rings is 1. The van der Waals surface area contributed by atoms with Gasteiger partial charge < -0.3 is 15.2 Å². The second kappa shape index (κ2) is 5.66. The highest BCUT2D eigenvalue weighted by molar-refractivity contribution is 4.77. The molecule has 1 aliphatic heterocycles. The predicted molar refractivity (Wildman–Crippen MR) is 56.4 cm³/mol. The molecule has 0 aromatic heterocycles. The maximum atomic E-state index is 9.07. The number of hydrogen-bond donors (Lipinski definition) is 2. The largest absolute Gasteiger partial charge is 0.395 e. The molecule has 0 aromatic carbocycles. The van der Waals surface area contributed by atoms with Crippen molar-refractivity contribution >= 4 is 0 Å². The first-order valence-corrected chi connectivity index (χ1v) is 5.31. The molecule has 1 aliphatic rings. The van der Waals surface area contributed by atoms with Crippen LogP contribution in [-0.4, -0.2) is 61.5 Å². The van der Waals surface area contributed by atoms with E-state index in [0.29, 0.717) is 12.2 Å². The van der Waals surface area contributed by atoms with E-state index >= 15 is 0 Å².